The lowest BCUT2D eigenvalue weighted by Crippen LogP contribution is -2.16. The largest absolute Gasteiger partial charge is 0.465 e. The number of aldehydes is 1. The Morgan fingerprint density at radius 1 is 1.26 bits per heavy atom. The van der Waals surface area contributed by atoms with E-state index in [4.69, 9.17) is 9.47 Å². The molecule has 2 aromatic rings. The summed E-state index contributed by atoms with van der Waals surface area (Å²) in [4.78, 5) is 10.8. The molecule has 0 saturated heterocycles. The highest BCUT2D eigenvalue weighted by Gasteiger charge is 2.09. The number of carbonyl (C=O) groups is 1. The van der Waals surface area contributed by atoms with Crippen molar-refractivity contribution >= 4 is 17.1 Å². The summed E-state index contributed by atoms with van der Waals surface area (Å²) in [5, 5.41) is 2.13. The van der Waals surface area contributed by atoms with Gasteiger partial charge in [0, 0.05) is 12.2 Å². The Morgan fingerprint density at radius 2 is 2.05 bits per heavy atom. The first-order chi connectivity index (χ1) is 9.15. The maximum absolute atomic E-state index is 10.8. The molecule has 0 saturated carbocycles. The Bertz CT molecular complexity index is 590. The van der Waals surface area contributed by atoms with Crippen LogP contribution in [0.25, 0.3) is 10.8 Å². The molecule has 1 unspecified atom stereocenters. The van der Waals surface area contributed by atoms with Gasteiger partial charge >= 0.3 is 0 Å². The fraction of sp³-hybridized carbons (Fsp3) is 0.312. The second-order valence-electron chi connectivity index (χ2n) is 4.43. The van der Waals surface area contributed by atoms with Crippen LogP contribution in [-0.4, -0.2) is 19.2 Å². The highest BCUT2D eigenvalue weighted by molar-refractivity contribution is 5.92. The third-order valence-electron chi connectivity index (χ3n) is 3.09. The lowest BCUT2D eigenvalue weighted by atomic mass is 10.0. The predicted molar refractivity (Wildman–Crippen MR) is 75.8 cm³/mol. The van der Waals surface area contributed by atoms with E-state index < -0.39 is 0 Å². The molecular weight excluding hydrogens is 240 g/mol. The van der Waals surface area contributed by atoms with Gasteiger partial charge in [0.05, 0.1) is 0 Å². The number of aryl methyl sites for hydroxylation is 1. The van der Waals surface area contributed by atoms with Gasteiger partial charge in [-0.2, -0.15) is 0 Å². The maximum atomic E-state index is 10.8. The normalized spacial score (nSPS) is 12.4. The van der Waals surface area contributed by atoms with Gasteiger partial charge in [0.15, 0.2) is 6.29 Å². The number of rotatable bonds is 5. The number of hydrogen-bond acceptors (Lipinski definition) is 3. The number of hydrogen-bond donors (Lipinski definition) is 0. The quantitative estimate of drug-likeness (QED) is 0.605. The monoisotopic (exact) mass is 258 g/mol. The van der Waals surface area contributed by atoms with Crippen LogP contribution in [0.3, 0.4) is 0 Å². The molecule has 1 atom stereocenters. The molecule has 0 aliphatic heterocycles. The van der Waals surface area contributed by atoms with Gasteiger partial charge < -0.3 is 9.47 Å². The van der Waals surface area contributed by atoms with Crippen molar-refractivity contribution in [1.82, 2.24) is 0 Å². The van der Waals surface area contributed by atoms with E-state index in [1.807, 2.05) is 51.1 Å². The molecule has 0 radical (unpaired) electrons. The van der Waals surface area contributed by atoms with Crippen LogP contribution in [0.4, 0.5) is 0 Å². The number of benzene rings is 2. The minimum Gasteiger partial charge on any atom is -0.465 e. The van der Waals surface area contributed by atoms with Gasteiger partial charge in [-0.15, -0.1) is 0 Å². The van der Waals surface area contributed by atoms with Crippen molar-refractivity contribution in [2.24, 2.45) is 0 Å². The first-order valence-electron chi connectivity index (χ1n) is 6.42. The second kappa shape index (κ2) is 5.85. The molecule has 19 heavy (non-hydrogen) atoms. The number of carbonyl (C=O) groups excluding carboxylic acids is 1. The van der Waals surface area contributed by atoms with Gasteiger partial charge in [0.25, 0.3) is 0 Å². The number of ether oxygens (including phenoxy) is 2. The molecule has 0 spiro atoms. The van der Waals surface area contributed by atoms with Gasteiger partial charge in [0.2, 0.25) is 0 Å². The Hall–Kier alpha value is -1.87. The summed E-state index contributed by atoms with van der Waals surface area (Å²) in [7, 11) is 0. The molecule has 100 valence electrons. The molecule has 0 aliphatic carbocycles. The summed E-state index contributed by atoms with van der Waals surface area (Å²) in [5.41, 5.74) is 1.74. The van der Waals surface area contributed by atoms with Gasteiger partial charge in [-0.3, -0.25) is 4.79 Å². The SMILES string of the molecule is CCOC(C)Oc1ccc2cc(C=O)ccc2c1C. The van der Waals surface area contributed by atoms with Crippen LogP contribution in [0.1, 0.15) is 29.8 Å². The van der Waals surface area contributed by atoms with E-state index in [1.54, 1.807) is 0 Å². The minimum absolute atomic E-state index is 0.268. The fourth-order valence-electron chi connectivity index (χ4n) is 2.13. The maximum Gasteiger partial charge on any atom is 0.196 e. The zero-order chi connectivity index (χ0) is 13.8. The lowest BCUT2D eigenvalue weighted by Gasteiger charge is -2.17. The minimum atomic E-state index is -0.268. The van der Waals surface area contributed by atoms with Crippen LogP contribution in [0.15, 0.2) is 30.3 Å². The summed E-state index contributed by atoms with van der Waals surface area (Å²) < 4.78 is 11.1. The molecule has 0 aliphatic rings. The van der Waals surface area contributed by atoms with Gasteiger partial charge in [-0.05, 0) is 49.2 Å². The highest BCUT2D eigenvalue weighted by Crippen LogP contribution is 2.28. The standard InChI is InChI=1S/C16H18O3/c1-4-18-12(3)19-16-8-6-14-9-13(10-17)5-7-15(14)11(16)2/h5-10,12H,4H2,1-3H3. The van der Waals surface area contributed by atoms with Gasteiger partial charge in [-0.25, -0.2) is 0 Å². The van der Waals surface area contributed by atoms with Crippen LogP contribution in [-0.2, 0) is 4.74 Å². The molecule has 0 amide bonds. The van der Waals surface area contributed by atoms with Crippen LogP contribution in [0.5, 0.6) is 5.75 Å². The van der Waals surface area contributed by atoms with Crippen LogP contribution in [0, 0.1) is 6.92 Å². The third-order valence-corrected chi connectivity index (χ3v) is 3.09. The molecule has 3 nitrogen and oxygen atoms in total. The van der Waals surface area contributed by atoms with Crippen molar-refractivity contribution < 1.29 is 14.3 Å². The molecule has 0 heterocycles. The average molecular weight is 258 g/mol. The summed E-state index contributed by atoms with van der Waals surface area (Å²) in [6.07, 6.45) is 0.589. The Morgan fingerprint density at radius 3 is 2.74 bits per heavy atom. The molecule has 3 heteroatoms. The summed E-state index contributed by atoms with van der Waals surface area (Å²) in [6.45, 7) is 6.45. The van der Waals surface area contributed by atoms with Crippen LogP contribution in [0.2, 0.25) is 0 Å². The summed E-state index contributed by atoms with van der Waals surface area (Å²) in [5.74, 6) is 0.812. The predicted octanol–water partition coefficient (Wildman–Crippen LogP) is 3.72. The lowest BCUT2D eigenvalue weighted by molar-refractivity contribution is -0.0615. The van der Waals surface area contributed by atoms with E-state index in [0.29, 0.717) is 12.2 Å². The zero-order valence-electron chi connectivity index (χ0n) is 11.5. The van der Waals surface area contributed by atoms with Crippen molar-refractivity contribution in [2.45, 2.75) is 27.1 Å². The van der Waals surface area contributed by atoms with E-state index in [0.717, 1.165) is 28.4 Å². The first-order valence-corrected chi connectivity index (χ1v) is 6.42. The van der Waals surface area contributed by atoms with E-state index in [1.165, 1.54) is 0 Å². The molecule has 2 rings (SSSR count). The van der Waals surface area contributed by atoms with Crippen LogP contribution >= 0.6 is 0 Å². The fourth-order valence-corrected chi connectivity index (χ4v) is 2.13. The van der Waals surface area contributed by atoms with Crippen LogP contribution < -0.4 is 4.74 Å². The Balaban J connectivity index is 2.37. The smallest absolute Gasteiger partial charge is 0.196 e. The van der Waals surface area contributed by atoms with Crippen molar-refractivity contribution in [1.29, 1.82) is 0 Å². The van der Waals surface area contributed by atoms with E-state index in [2.05, 4.69) is 0 Å². The Labute approximate surface area is 113 Å². The molecule has 0 N–H and O–H groups in total. The molecule has 2 aromatic carbocycles. The molecule has 0 fully saturated rings. The second-order valence-corrected chi connectivity index (χ2v) is 4.43. The first kappa shape index (κ1) is 13.6. The van der Waals surface area contributed by atoms with Crippen molar-refractivity contribution in [3.8, 4) is 5.75 Å². The van der Waals surface area contributed by atoms with E-state index in [9.17, 15) is 4.79 Å². The third kappa shape index (κ3) is 2.93. The average Bonchev–Trinajstić information content (AvgIpc) is 2.42. The highest BCUT2D eigenvalue weighted by atomic mass is 16.7. The summed E-state index contributed by atoms with van der Waals surface area (Å²) in [6, 6.07) is 9.53. The van der Waals surface area contributed by atoms with Crippen molar-refractivity contribution in [3.63, 3.8) is 0 Å². The van der Waals surface area contributed by atoms with E-state index in [-0.39, 0.29) is 6.29 Å². The van der Waals surface area contributed by atoms with Crippen molar-refractivity contribution in [3.05, 3.63) is 41.5 Å². The van der Waals surface area contributed by atoms with E-state index >= 15 is 0 Å². The number of fused-ring (bicyclic) bond motifs is 1. The van der Waals surface area contributed by atoms with Gasteiger partial charge in [-0.1, -0.05) is 18.2 Å². The zero-order valence-corrected chi connectivity index (χ0v) is 11.5. The van der Waals surface area contributed by atoms with Crippen molar-refractivity contribution in [2.75, 3.05) is 6.61 Å². The molecule has 0 bridgehead atoms. The topological polar surface area (TPSA) is 35.5 Å². The summed E-state index contributed by atoms with van der Waals surface area (Å²) >= 11 is 0. The molecule has 0 aromatic heterocycles. The van der Waals surface area contributed by atoms with Gasteiger partial charge in [0.1, 0.15) is 12.0 Å². The molecular formula is C16H18O3. The Kier molecular flexibility index (Phi) is 4.17.